The lowest BCUT2D eigenvalue weighted by Crippen LogP contribution is -2.31. The summed E-state index contributed by atoms with van der Waals surface area (Å²) in [7, 11) is -3.11. The van der Waals surface area contributed by atoms with Gasteiger partial charge >= 0.3 is 0 Å². The molecule has 1 aromatic rings. The van der Waals surface area contributed by atoms with Gasteiger partial charge in [-0.05, 0) is 57.2 Å². The van der Waals surface area contributed by atoms with E-state index < -0.39 is 10.0 Å². The maximum absolute atomic E-state index is 11.6. The molecule has 0 heterocycles. The highest BCUT2D eigenvalue weighted by Gasteiger charge is 2.13. The van der Waals surface area contributed by atoms with E-state index in [4.69, 9.17) is 0 Å². The van der Waals surface area contributed by atoms with E-state index in [1.807, 2.05) is 0 Å². The van der Waals surface area contributed by atoms with Gasteiger partial charge in [0.2, 0.25) is 10.0 Å². The molecular weight excluding hydrogens is 308 g/mol. The fraction of sp³-hybridized carbons (Fsp3) is 0.667. The van der Waals surface area contributed by atoms with Gasteiger partial charge in [0.25, 0.3) is 0 Å². The molecule has 2 N–H and O–H groups in total. The SMILES string of the molecule is CCCCc1ccc(NCCCCCNS(=O)(=O)C(C)C)cc1. The molecule has 0 atom stereocenters. The molecule has 0 aliphatic rings. The highest BCUT2D eigenvalue weighted by molar-refractivity contribution is 7.90. The van der Waals surface area contributed by atoms with E-state index in [9.17, 15) is 8.42 Å². The summed E-state index contributed by atoms with van der Waals surface area (Å²) in [5.74, 6) is 0. The number of unbranched alkanes of at least 4 members (excludes halogenated alkanes) is 3. The zero-order chi connectivity index (χ0) is 17.1. The minimum absolute atomic E-state index is 0.357. The van der Waals surface area contributed by atoms with Gasteiger partial charge < -0.3 is 5.32 Å². The molecule has 0 unspecified atom stereocenters. The van der Waals surface area contributed by atoms with Crippen LogP contribution in [0.3, 0.4) is 0 Å². The zero-order valence-electron chi connectivity index (χ0n) is 14.8. The molecule has 0 amide bonds. The Kier molecular flexibility index (Phi) is 9.26. The molecule has 4 nitrogen and oxygen atoms in total. The number of hydrogen-bond donors (Lipinski definition) is 2. The van der Waals surface area contributed by atoms with Crippen molar-refractivity contribution in [2.75, 3.05) is 18.4 Å². The highest BCUT2D eigenvalue weighted by Crippen LogP contribution is 2.12. The van der Waals surface area contributed by atoms with Crippen LogP contribution in [0, 0.1) is 0 Å². The van der Waals surface area contributed by atoms with Crippen LogP contribution in [0.2, 0.25) is 0 Å². The summed E-state index contributed by atoms with van der Waals surface area (Å²) in [5.41, 5.74) is 2.56. The van der Waals surface area contributed by atoms with Gasteiger partial charge in [0, 0.05) is 18.8 Å². The smallest absolute Gasteiger partial charge is 0.213 e. The number of aryl methyl sites for hydroxylation is 1. The van der Waals surface area contributed by atoms with Crippen LogP contribution in [0.1, 0.15) is 58.4 Å². The summed E-state index contributed by atoms with van der Waals surface area (Å²) >= 11 is 0. The van der Waals surface area contributed by atoms with E-state index in [0.717, 1.165) is 37.9 Å². The molecule has 0 spiro atoms. The molecule has 1 aromatic carbocycles. The molecule has 0 saturated heterocycles. The first kappa shape index (κ1) is 20.0. The Balaban J connectivity index is 2.11. The molecule has 0 saturated carbocycles. The van der Waals surface area contributed by atoms with Crippen molar-refractivity contribution in [3.8, 4) is 0 Å². The minimum atomic E-state index is -3.11. The van der Waals surface area contributed by atoms with Crippen LogP contribution in [-0.2, 0) is 16.4 Å². The standard InChI is InChI=1S/C18H32N2O2S/c1-4-5-9-17-10-12-18(13-11-17)19-14-7-6-8-15-20-23(21,22)16(2)3/h10-13,16,19-20H,4-9,14-15H2,1-3H3. The van der Waals surface area contributed by atoms with Crippen LogP contribution >= 0.6 is 0 Å². The lowest BCUT2D eigenvalue weighted by atomic mass is 10.1. The number of hydrogen-bond acceptors (Lipinski definition) is 3. The second-order valence-electron chi connectivity index (χ2n) is 6.28. The minimum Gasteiger partial charge on any atom is -0.385 e. The number of nitrogens with one attached hydrogen (secondary N) is 2. The van der Waals surface area contributed by atoms with E-state index in [-0.39, 0.29) is 5.25 Å². The van der Waals surface area contributed by atoms with Gasteiger partial charge in [0.05, 0.1) is 5.25 Å². The lowest BCUT2D eigenvalue weighted by Gasteiger charge is -2.10. The first-order chi connectivity index (χ1) is 11.0. The van der Waals surface area contributed by atoms with Crippen molar-refractivity contribution in [3.63, 3.8) is 0 Å². The molecule has 0 aliphatic heterocycles. The normalized spacial score (nSPS) is 11.8. The molecule has 0 aliphatic carbocycles. The van der Waals surface area contributed by atoms with Crippen molar-refractivity contribution >= 4 is 15.7 Å². The Labute approximate surface area is 142 Å². The molecule has 1 rings (SSSR count). The van der Waals surface area contributed by atoms with Gasteiger partial charge in [-0.1, -0.05) is 31.9 Å². The van der Waals surface area contributed by atoms with Gasteiger partial charge in [0.15, 0.2) is 0 Å². The quantitative estimate of drug-likeness (QED) is 0.567. The monoisotopic (exact) mass is 340 g/mol. The average molecular weight is 341 g/mol. The van der Waals surface area contributed by atoms with E-state index in [1.54, 1.807) is 13.8 Å². The van der Waals surface area contributed by atoms with Crippen molar-refractivity contribution in [3.05, 3.63) is 29.8 Å². The van der Waals surface area contributed by atoms with Crippen LogP contribution < -0.4 is 10.0 Å². The van der Waals surface area contributed by atoms with Crippen molar-refractivity contribution in [2.24, 2.45) is 0 Å². The summed E-state index contributed by atoms with van der Waals surface area (Å²) in [6.45, 7) is 7.06. The van der Waals surface area contributed by atoms with Crippen molar-refractivity contribution in [1.29, 1.82) is 0 Å². The molecule has 23 heavy (non-hydrogen) atoms. The lowest BCUT2D eigenvalue weighted by molar-refractivity contribution is 0.566. The van der Waals surface area contributed by atoms with Crippen LogP contribution in [0.15, 0.2) is 24.3 Å². The number of rotatable bonds is 12. The van der Waals surface area contributed by atoms with Crippen LogP contribution in [-0.4, -0.2) is 26.8 Å². The third-order valence-electron chi connectivity index (χ3n) is 3.88. The summed E-state index contributed by atoms with van der Waals surface area (Å²) in [5, 5.41) is 3.06. The topological polar surface area (TPSA) is 58.2 Å². The third-order valence-corrected chi connectivity index (χ3v) is 5.73. The van der Waals surface area contributed by atoms with E-state index in [1.165, 1.54) is 18.4 Å². The molecular formula is C18H32N2O2S. The Morgan fingerprint density at radius 2 is 1.61 bits per heavy atom. The second-order valence-corrected chi connectivity index (χ2v) is 8.60. The summed E-state index contributed by atoms with van der Waals surface area (Å²) in [6, 6.07) is 8.67. The number of anilines is 1. The molecule has 0 radical (unpaired) electrons. The van der Waals surface area contributed by atoms with Gasteiger partial charge in [-0.25, -0.2) is 13.1 Å². The molecule has 5 heteroatoms. The number of sulfonamides is 1. The fourth-order valence-electron chi connectivity index (χ4n) is 2.21. The molecule has 0 fully saturated rings. The van der Waals surface area contributed by atoms with Gasteiger partial charge in [0.1, 0.15) is 0 Å². The summed E-state index contributed by atoms with van der Waals surface area (Å²) in [4.78, 5) is 0. The summed E-state index contributed by atoms with van der Waals surface area (Å²) in [6.07, 6.45) is 6.57. The van der Waals surface area contributed by atoms with E-state index in [0.29, 0.717) is 6.54 Å². The predicted octanol–water partition coefficient (Wildman–Crippen LogP) is 3.94. The highest BCUT2D eigenvalue weighted by atomic mass is 32.2. The van der Waals surface area contributed by atoms with Gasteiger partial charge in [-0.3, -0.25) is 0 Å². The zero-order valence-corrected chi connectivity index (χ0v) is 15.6. The maximum Gasteiger partial charge on any atom is 0.213 e. The van der Waals surface area contributed by atoms with Crippen molar-refractivity contribution in [2.45, 2.75) is 64.5 Å². The number of benzene rings is 1. The second kappa shape index (κ2) is 10.7. The summed E-state index contributed by atoms with van der Waals surface area (Å²) < 4.78 is 25.8. The first-order valence-corrected chi connectivity index (χ1v) is 10.3. The predicted molar refractivity (Wildman–Crippen MR) is 99.5 cm³/mol. The van der Waals surface area contributed by atoms with Gasteiger partial charge in [-0.2, -0.15) is 0 Å². The third kappa shape index (κ3) is 8.37. The Bertz CT molecular complexity index is 524. The first-order valence-electron chi connectivity index (χ1n) is 8.77. The Morgan fingerprint density at radius 1 is 0.957 bits per heavy atom. The van der Waals surface area contributed by atoms with Crippen molar-refractivity contribution < 1.29 is 8.42 Å². The van der Waals surface area contributed by atoms with Crippen LogP contribution in [0.4, 0.5) is 5.69 Å². The van der Waals surface area contributed by atoms with Gasteiger partial charge in [-0.15, -0.1) is 0 Å². The fourth-order valence-corrected chi connectivity index (χ4v) is 2.97. The van der Waals surface area contributed by atoms with E-state index in [2.05, 4.69) is 41.2 Å². The Hall–Kier alpha value is -1.07. The Morgan fingerprint density at radius 3 is 2.22 bits per heavy atom. The average Bonchev–Trinajstić information content (AvgIpc) is 2.53. The molecule has 132 valence electrons. The van der Waals surface area contributed by atoms with Crippen LogP contribution in [0.25, 0.3) is 0 Å². The maximum atomic E-state index is 11.6. The molecule has 0 bridgehead atoms. The van der Waals surface area contributed by atoms with E-state index >= 15 is 0 Å². The van der Waals surface area contributed by atoms with Crippen molar-refractivity contribution in [1.82, 2.24) is 4.72 Å². The van der Waals surface area contributed by atoms with Crippen LogP contribution in [0.5, 0.6) is 0 Å². The molecule has 0 aromatic heterocycles. The largest absolute Gasteiger partial charge is 0.385 e.